The molecule has 0 aliphatic carbocycles. The average Bonchev–Trinajstić information content (AvgIpc) is 2.69. The number of carbonyl (C=O) groups is 2. The first-order valence-corrected chi connectivity index (χ1v) is 10.8. The van der Waals surface area contributed by atoms with E-state index in [2.05, 4.69) is 12.2 Å². The molecule has 0 saturated heterocycles. The smallest absolute Gasteiger partial charge is 0.407 e. The van der Waals surface area contributed by atoms with Crippen molar-refractivity contribution in [2.45, 2.75) is 71.6 Å². The highest BCUT2D eigenvalue weighted by atomic mass is 16.6. The van der Waals surface area contributed by atoms with E-state index in [9.17, 15) is 14.7 Å². The molecule has 0 bridgehead atoms. The van der Waals surface area contributed by atoms with Gasteiger partial charge in [-0.3, -0.25) is 9.69 Å². The van der Waals surface area contributed by atoms with E-state index < -0.39 is 17.7 Å². The Kier molecular flexibility index (Phi) is 12.1. The number of aliphatic hydroxyl groups is 1. The molecule has 0 saturated carbocycles. The van der Waals surface area contributed by atoms with E-state index in [4.69, 9.17) is 9.47 Å². The SMILES string of the molecule is CCCC[C@@H](C(=O)OCc1ccccc1)N(CCCO)CCNC(=O)OC(C)(C)C. The lowest BCUT2D eigenvalue weighted by molar-refractivity contribution is -0.152. The van der Waals surface area contributed by atoms with Gasteiger partial charge in [0.25, 0.3) is 0 Å². The second-order valence-electron chi connectivity index (χ2n) is 8.29. The summed E-state index contributed by atoms with van der Waals surface area (Å²) in [5.74, 6) is -0.275. The van der Waals surface area contributed by atoms with E-state index in [-0.39, 0.29) is 19.2 Å². The van der Waals surface area contributed by atoms with Gasteiger partial charge in [0, 0.05) is 26.2 Å². The quantitative estimate of drug-likeness (QED) is 0.473. The van der Waals surface area contributed by atoms with E-state index in [1.807, 2.05) is 56.0 Å². The van der Waals surface area contributed by atoms with Gasteiger partial charge in [-0.1, -0.05) is 50.1 Å². The maximum absolute atomic E-state index is 12.9. The molecule has 1 atom stereocenters. The Morgan fingerprint density at radius 1 is 1.13 bits per heavy atom. The van der Waals surface area contributed by atoms with Crippen LogP contribution in [0.5, 0.6) is 0 Å². The van der Waals surface area contributed by atoms with Gasteiger partial charge in [0.05, 0.1) is 0 Å². The third-order valence-corrected chi connectivity index (χ3v) is 4.44. The zero-order valence-corrected chi connectivity index (χ0v) is 18.9. The van der Waals surface area contributed by atoms with Gasteiger partial charge >= 0.3 is 12.1 Å². The molecule has 170 valence electrons. The predicted octanol–water partition coefficient (Wildman–Crippen LogP) is 3.50. The molecule has 0 spiro atoms. The Morgan fingerprint density at radius 2 is 1.83 bits per heavy atom. The molecular formula is C23H38N2O5. The highest BCUT2D eigenvalue weighted by Crippen LogP contribution is 2.13. The first-order valence-electron chi connectivity index (χ1n) is 10.8. The van der Waals surface area contributed by atoms with Crippen molar-refractivity contribution in [1.29, 1.82) is 0 Å². The highest BCUT2D eigenvalue weighted by Gasteiger charge is 2.27. The van der Waals surface area contributed by atoms with Crippen LogP contribution in [0.3, 0.4) is 0 Å². The van der Waals surface area contributed by atoms with Crippen molar-refractivity contribution >= 4 is 12.1 Å². The lowest BCUT2D eigenvalue weighted by atomic mass is 10.1. The van der Waals surface area contributed by atoms with Crippen LogP contribution in [0.2, 0.25) is 0 Å². The standard InChI is InChI=1S/C23H38N2O5/c1-5-6-13-20(21(27)29-18-19-11-8-7-9-12-19)25(15-10-17-26)16-14-24-22(28)30-23(2,3)4/h7-9,11-12,20,26H,5-6,10,13-18H2,1-4H3,(H,24,28)/t20-/m0/s1. The number of carbonyl (C=O) groups excluding carboxylic acids is 2. The minimum absolute atomic E-state index is 0.0373. The molecule has 1 aromatic rings. The molecule has 0 unspecified atom stereocenters. The van der Waals surface area contributed by atoms with E-state index in [0.29, 0.717) is 32.5 Å². The topological polar surface area (TPSA) is 88.1 Å². The zero-order valence-electron chi connectivity index (χ0n) is 18.9. The number of nitrogens with one attached hydrogen (secondary N) is 1. The number of rotatable bonds is 13. The number of hydrogen-bond acceptors (Lipinski definition) is 6. The lowest BCUT2D eigenvalue weighted by Gasteiger charge is -2.30. The van der Waals surface area contributed by atoms with E-state index >= 15 is 0 Å². The number of nitrogens with zero attached hydrogens (tertiary/aromatic N) is 1. The monoisotopic (exact) mass is 422 g/mol. The predicted molar refractivity (Wildman–Crippen MR) is 117 cm³/mol. The molecular weight excluding hydrogens is 384 g/mol. The summed E-state index contributed by atoms with van der Waals surface area (Å²) in [5, 5.41) is 12.0. The number of aliphatic hydroxyl groups excluding tert-OH is 1. The molecule has 7 nitrogen and oxygen atoms in total. The molecule has 0 aromatic heterocycles. The molecule has 1 amide bonds. The van der Waals surface area contributed by atoms with Crippen LogP contribution < -0.4 is 5.32 Å². The maximum Gasteiger partial charge on any atom is 0.407 e. The summed E-state index contributed by atoms with van der Waals surface area (Å²) in [6.07, 6.45) is 2.58. The van der Waals surface area contributed by atoms with Crippen LogP contribution in [-0.2, 0) is 20.9 Å². The Morgan fingerprint density at radius 3 is 2.43 bits per heavy atom. The van der Waals surface area contributed by atoms with E-state index in [1.165, 1.54) is 0 Å². The van der Waals surface area contributed by atoms with Gasteiger partial charge in [-0.15, -0.1) is 0 Å². The van der Waals surface area contributed by atoms with Gasteiger partial charge in [0.15, 0.2) is 0 Å². The summed E-state index contributed by atoms with van der Waals surface area (Å²) in [5.41, 5.74) is 0.375. The molecule has 0 fully saturated rings. The summed E-state index contributed by atoms with van der Waals surface area (Å²) in [6, 6.07) is 9.16. The van der Waals surface area contributed by atoms with Gasteiger partial charge in [0.1, 0.15) is 18.2 Å². The van der Waals surface area contributed by atoms with Crippen molar-refractivity contribution in [3.63, 3.8) is 0 Å². The molecule has 2 N–H and O–H groups in total. The van der Waals surface area contributed by atoms with Gasteiger partial charge < -0.3 is 19.9 Å². The van der Waals surface area contributed by atoms with Gasteiger partial charge in [-0.2, -0.15) is 0 Å². The molecule has 7 heteroatoms. The number of benzene rings is 1. The Bertz CT molecular complexity index is 616. The average molecular weight is 423 g/mol. The maximum atomic E-state index is 12.9. The minimum Gasteiger partial charge on any atom is -0.460 e. The minimum atomic E-state index is -0.564. The Balaban J connectivity index is 2.72. The lowest BCUT2D eigenvalue weighted by Crippen LogP contribution is -2.46. The van der Waals surface area contributed by atoms with Gasteiger partial charge in [-0.05, 0) is 39.2 Å². The van der Waals surface area contributed by atoms with Gasteiger partial charge in [0.2, 0.25) is 0 Å². The summed E-state index contributed by atoms with van der Waals surface area (Å²) in [7, 11) is 0. The Hall–Kier alpha value is -2.12. The summed E-state index contributed by atoms with van der Waals surface area (Å²) < 4.78 is 10.8. The summed E-state index contributed by atoms with van der Waals surface area (Å²) in [6.45, 7) is 9.12. The Labute approximate surface area is 180 Å². The first kappa shape index (κ1) is 25.9. The first-order chi connectivity index (χ1) is 14.3. The fourth-order valence-corrected chi connectivity index (χ4v) is 2.98. The number of amides is 1. The second-order valence-corrected chi connectivity index (χ2v) is 8.29. The molecule has 0 radical (unpaired) electrons. The zero-order chi connectivity index (χ0) is 22.4. The molecule has 0 aliphatic heterocycles. The molecule has 30 heavy (non-hydrogen) atoms. The van der Waals surface area contributed by atoms with Crippen LogP contribution in [0.15, 0.2) is 30.3 Å². The number of ether oxygens (including phenoxy) is 2. The van der Waals surface area contributed by atoms with Crippen LogP contribution >= 0.6 is 0 Å². The van der Waals surface area contributed by atoms with Gasteiger partial charge in [-0.25, -0.2) is 4.79 Å². The number of esters is 1. The van der Waals surface area contributed by atoms with Crippen molar-refractivity contribution in [2.24, 2.45) is 0 Å². The fraction of sp³-hybridized carbons (Fsp3) is 0.652. The molecule has 1 rings (SSSR count). The molecule has 0 heterocycles. The number of alkyl carbamates (subject to hydrolysis) is 1. The molecule has 1 aromatic carbocycles. The van der Waals surface area contributed by atoms with Crippen molar-refractivity contribution in [2.75, 3.05) is 26.2 Å². The normalized spacial score (nSPS) is 12.5. The van der Waals surface area contributed by atoms with Crippen molar-refractivity contribution in [3.8, 4) is 0 Å². The van der Waals surface area contributed by atoms with Crippen LogP contribution in [-0.4, -0.2) is 60.0 Å². The number of unbranched alkanes of at least 4 members (excludes halogenated alkanes) is 1. The number of hydrogen-bond donors (Lipinski definition) is 2. The molecule has 0 aliphatic rings. The highest BCUT2D eigenvalue weighted by molar-refractivity contribution is 5.75. The third-order valence-electron chi connectivity index (χ3n) is 4.44. The van der Waals surface area contributed by atoms with Crippen LogP contribution in [0, 0.1) is 0 Å². The van der Waals surface area contributed by atoms with E-state index in [1.54, 1.807) is 0 Å². The summed E-state index contributed by atoms with van der Waals surface area (Å²) in [4.78, 5) is 26.8. The van der Waals surface area contributed by atoms with E-state index in [0.717, 1.165) is 18.4 Å². The van der Waals surface area contributed by atoms with Crippen molar-refractivity contribution < 1.29 is 24.2 Å². The van der Waals surface area contributed by atoms with Crippen LogP contribution in [0.4, 0.5) is 4.79 Å². The largest absolute Gasteiger partial charge is 0.460 e. The summed E-state index contributed by atoms with van der Waals surface area (Å²) >= 11 is 0. The second kappa shape index (κ2) is 14.0. The fourth-order valence-electron chi connectivity index (χ4n) is 2.98. The van der Waals surface area contributed by atoms with Crippen LogP contribution in [0.25, 0.3) is 0 Å². The van der Waals surface area contributed by atoms with Crippen molar-refractivity contribution in [1.82, 2.24) is 10.2 Å². The third kappa shape index (κ3) is 11.2. The van der Waals surface area contributed by atoms with Crippen LogP contribution in [0.1, 0.15) is 58.9 Å². The van der Waals surface area contributed by atoms with Crippen molar-refractivity contribution in [3.05, 3.63) is 35.9 Å².